The highest BCUT2D eigenvalue weighted by atomic mass is 19.4. The molecule has 3 aromatic rings. The zero-order valence-electron chi connectivity index (χ0n) is 17.6. The highest BCUT2D eigenvalue weighted by Gasteiger charge is 2.32. The average Bonchev–Trinajstić information content (AvgIpc) is 3.47. The largest absolute Gasteiger partial charge is 0.416 e. The molecular weight excluding hydrogens is 403 g/mol. The fourth-order valence-corrected chi connectivity index (χ4v) is 3.48. The second kappa shape index (κ2) is 7.55. The van der Waals surface area contributed by atoms with Crippen molar-refractivity contribution < 1.29 is 18.0 Å². The van der Waals surface area contributed by atoms with Gasteiger partial charge in [-0.3, -0.25) is 9.89 Å². The number of halogens is 3. The summed E-state index contributed by atoms with van der Waals surface area (Å²) in [5, 5.41) is 10.4. The molecule has 0 radical (unpaired) electrons. The van der Waals surface area contributed by atoms with Crippen LogP contribution < -0.4 is 5.32 Å². The van der Waals surface area contributed by atoms with Crippen LogP contribution in [0.1, 0.15) is 66.7 Å². The van der Waals surface area contributed by atoms with Crippen LogP contribution in [0.25, 0.3) is 11.3 Å². The van der Waals surface area contributed by atoms with E-state index in [4.69, 9.17) is 0 Å². The van der Waals surface area contributed by atoms with E-state index in [1.165, 1.54) is 17.7 Å². The van der Waals surface area contributed by atoms with Gasteiger partial charge in [-0.1, -0.05) is 45.0 Å². The molecular formula is C24H24F3N3O. The number of nitrogens with zero attached hydrogens (tertiary/aromatic N) is 1. The van der Waals surface area contributed by atoms with E-state index in [2.05, 4.69) is 36.3 Å². The maximum Gasteiger partial charge on any atom is 0.416 e. The number of hydrogen-bond acceptors (Lipinski definition) is 2. The van der Waals surface area contributed by atoms with Crippen LogP contribution in [-0.2, 0) is 11.6 Å². The summed E-state index contributed by atoms with van der Waals surface area (Å²) >= 11 is 0. The molecule has 1 aliphatic carbocycles. The molecule has 31 heavy (non-hydrogen) atoms. The standard InChI is InChI=1S/C24H24F3N3O/c1-23(2,3)17-10-6-15(7-11-17)20-21(19(29-30-20)14-4-5-14)28-22(31)16-8-12-18(13-9-16)24(25,26)27/h6-14H,4-5H2,1-3H3,(H,28,31)(H,29,30). The molecule has 2 aromatic carbocycles. The Morgan fingerprint density at radius 1 is 0.968 bits per heavy atom. The van der Waals surface area contributed by atoms with Crippen molar-refractivity contribution in [2.75, 3.05) is 5.32 Å². The molecule has 4 rings (SSSR count). The summed E-state index contributed by atoms with van der Waals surface area (Å²) in [6.45, 7) is 6.41. The molecule has 0 bridgehead atoms. The molecule has 4 nitrogen and oxygen atoms in total. The van der Waals surface area contributed by atoms with Crippen molar-refractivity contribution in [3.05, 3.63) is 70.9 Å². The molecule has 7 heteroatoms. The molecule has 1 aromatic heterocycles. The molecule has 0 saturated heterocycles. The SMILES string of the molecule is CC(C)(C)c1ccc(-c2n[nH]c(C3CC3)c2NC(=O)c2ccc(C(F)(F)F)cc2)cc1. The predicted molar refractivity (Wildman–Crippen MR) is 114 cm³/mol. The van der Waals surface area contributed by atoms with Gasteiger partial charge >= 0.3 is 6.18 Å². The van der Waals surface area contributed by atoms with Crippen LogP contribution in [0.4, 0.5) is 18.9 Å². The van der Waals surface area contributed by atoms with Crippen LogP contribution in [0.15, 0.2) is 48.5 Å². The molecule has 0 aliphatic heterocycles. The molecule has 0 unspecified atom stereocenters. The van der Waals surface area contributed by atoms with Crippen molar-refractivity contribution >= 4 is 11.6 Å². The minimum absolute atomic E-state index is 0.0168. The summed E-state index contributed by atoms with van der Waals surface area (Å²) in [6, 6.07) is 12.2. The Balaban J connectivity index is 1.63. The number of anilines is 1. The molecule has 162 valence electrons. The number of H-pyrrole nitrogens is 1. The van der Waals surface area contributed by atoms with Crippen molar-refractivity contribution in [2.24, 2.45) is 0 Å². The highest BCUT2D eigenvalue weighted by Crippen LogP contribution is 2.45. The van der Waals surface area contributed by atoms with Gasteiger partial charge in [0.2, 0.25) is 0 Å². The third-order valence-electron chi connectivity index (χ3n) is 5.52. The number of nitrogens with one attached hydrogen (secondary N) is 2. The number of hydrogen-bond donors (Lipinski definition) is 2. The number of benzene rings is 2. The number of aromatic amines is 1. The maximum absolute atomic E-state index is 12.8. The lowest BCUT2D eigenvalue weighted by Crippen LogP contribution is -2.14. The number of carbonyl (C=O) groups excluding carboxylic acids is 1. The summed E-state index contributed by atoms with van der Waals surface area (Å²) in [7, 11) is 0. The van der Waals surface area contributed by atoms with E-state index in [0.29, 0.717) is 17.3 Å². The summed E-state index contributed by atoms with van der Waals surface area (Å²) < 4.78 is 38.4. The second-order valence-electron chi connectivity index (χ2n) is 8.99. The molecule has 1 heterocycles. The zero-order chi connectivity index (χ0) is 22.4. The van der Waals surface area contributed by atoms with Gasteiger partial charge < -0.3 is 5.32 Å². The van der Waals surface area contributed by atoms with Gasteiger partial charge in [0.05, 0.1) is 16.9 Å². The Hall–Kier alpha value is -3.09. The minimum Gasteiger partial charge on any atom is -0.319 e. The normalized spacial score (nSPS) is 14.5. The lowest BCUT2D eigenvalue weighted by Gasteiger charge is -2.19. The first-order valence-corrected chi connectivity index (χ1v) is 10.2. The topological polar surface area (TPSA) is 57.8 Å². The number of amides is 1. The number of carbonyl (C=O) groups is 1. The predicted octanol–water partition coefficient (Wildman–Crippen LogP) is 6.52. The van der Waals surface area contributed by atoms with Crippen LogP contribution in [0.3, 0.4) is 0 Å². The summed E-state index contributed by atoms with van der Waals surface area (Å²) in [4.78, 5) is 12.8. The molecule has 1 amide bonds. The monoisotopic (exact) mass is 427 g/mol. The Labute approximate surface area is 178 Å². The first-order valence-electron chi connectivity index (χ1n) is 10.2. The zero-order valence-corrected chi connectivity index (χ0v) is 17.6. The summed E-state index contributed by atoms with van der Waals surface area (Å²) in [5.41, 5.74) is 3.51. The molecule has 0 atom stereocenters. The van der Waals surface area contributed by atoms with Gasteiger partial charge in [-0.05, 0) is 48.1 Å². The smallest absolute Gasteiger partial charge is 0.319 e. The second-order valence-corrected chi connectivity index (χ2v) is 8.99. The van der Waals surface area contributed by atoms with Gasteiger partial charge in [-0.2, -0.15) is 18.3 Å². The third-order valence-corrected chi connectivity index (χ3v) is 5.52. The average molecular weight is 427 g/mol. The first kappa shape index (κ1) is 21.2. The molecule has 1 aliphatic rings. The van der Waals surface area contributed by atoms with Crippen molar-refractivity contribution in [3.8, 4) is 11.3 Å². The van der Waals surface area contributed by atoms with E-state index < -0.39 is 17.6 Å². The highest BCUT2D eigenvalue weighted by molar-refractivity contribution is 6.06. The minimum atomic E-state index is -4.44. The number of aromatic nitrogens is 2. The lowest BCUT2D eigenvalue weighted by molar-refractivity contribution is -0.137. The van der Waals surface area contributed by atoms with E-state index in [0.717, 1.165) is 36.2 Å². The molecule has 0 spiro atoms. The van der Waals surface area contributed by atoms with E-state index in [1.807, 2.05) is 24.3 Å². The van der Waals surface area contributed by atoms with Crippen molar-refractivity contribution in [2.45, 2.75) is 51.1 Å². The van der Waals surface area contributed by atoms with Crippen LogP contribution in [-0.4, -0.2) is 16.1 Å². The van der Waals surface area contributed by atoms with Gasteiger partial charge in [0.15, 0.2) is 0 Å². The van der Waals surface area contributed by atoms with Gasteiger partial charge in [-0.15, -0.1) is 0 Å². The molecule has 1 saturated carbocycles. The van der Waals surface area contributed by atoms with Crippen LogP contribution >= 0.6 is 0 Å². The van der Waals surface area contributed by atoms with Gasteiger partial charge in [-0.25, -0.2) is 0 Å². The number of rotatable bonds is 4. The Morgan fingerprint density at radius 2 is 1.55 bits per heavy atom. The van der Waals surface area contributed by atoms with Crippen molar-refractivity contribution in [1.29, 1.82) is 0 Å². The van der Waals surface area contributed by atoms with E-state index in [-0.39, 0.29) is 11.0 Å². The Kier molecular flexibility index (Phi) is 5.15. The maximum atomic E-state index is 12.8. The fourth-order valence-electron chi connectivity index (χ4n) is 3.48. The Morgan fingerprint density at radius 3 is 2.06 bits per heavy atom. The van der Waals surface area contributed by atoms with Crippen molar-refractivity contribution in [1.82, 2.24) is 10.2 Å². The summed E-state index contributed by atoms with van der Waals surface area (Å²) in [5.74, 6) is -0.164. The lowest BCUT2D eigenvalue weighted by atomic mass is 9.86. The van der Waals surface area contributed by atoms with Gasteiger partial charge in [0.25, 0.3) is 5.91 Å². The van der Waals surface area contributed by atoms with Crippen LogP contribution in [0.2, 0.25) is 0 Å². The first-order chi connectivity index (χ1) is 14.5. The van der Waals surface area contributed by atoms with E-state index in [9.17, 15) is 18.0 Å². The van der Waals surface area contributed by atoms with Gasteiger partial charge in [0, 0.05) is 17.0 Å². The van der Waals surface area contributed by atoms with Crippen LogP contribution in [0.5, 0.6) is 0 Å². The Bertz CT molecular complexity index is 1090. The quantitative estimate of drug-likeness (QED) is 0.498. The third kappa shape index (κ3) is 4.50. The van der Waals surface area contributed by atoms with Gasteiger partial charge in [0.1, 0.15) is 5.69 Å². The fraction of sp³-hybridized carbons (Fsp3) is 0.333. The molecule has 2 N–H and O–H groups in total. The number of alkyl halides is 3. The van der Waals surface area contributed by atoms with E-state index >= 15 is 0 Å². The van der Waals surface area contributed by atoms with E-state index in [1.54, 1.807) is 0 Å². The van der Waals surface area contributed by atoms with Crippen LogP contribution in [0, 0.1) is 0 Å². The van der Waals surface area contributed by atoms with Crippen molar-refractivity contribution in [3.63, 3.8) is 0 Å². The summed E-state index contributed by atoms with van der Waals surface area (Å²) in [6.07, 6.45) is -2.42. The molecule has 1 fully saturated rings.